The number of aryl methyl sites for hydroxylation is 2. The van der Waals surface area contributed by atoms with Gasteiger partial charge in [0.1, 0.15) is 11.2 Å². The van der Waals surface area contributed by atoms with E-state index >= 15 is 0 Å². The van der Waals surface area contributed by atoms with Gasteiger partial charge in [-0.05, 0) is 101 Å². The summed E-state index contributed by atoms with van der Waals surface area (Å²) in [5.41, 5.74) is 14.8. The Hall–Kier alpha value is -6.38. The Labute approximate surface area is 292 Å². The highest BCUT2D eigenvalue weighted by Gasteiger charge is 2.17. The first-order valence-electron chi connectivity index (χ1n) is 17.2. The van der Waals surface area contributed by atoms with Gasteiger partial charge in [0.05, 0.1) is 0 Å². The fourth-order valence-corrected chi connectivity index (χ4v) is 7.13. The first kappa shape index (κ1) is 29.7. The molecule has 0 aliphatic heterocycles. The van der Waals surface area contributed by atoms with Crippen LogP contribution in [0.3, 0.4) is 0 Å². The van der Waals surface area contributed by atoms with Gasteiger partial charge >= 0.3 is 0 Å². The minimum Gasteiger partial charge on any atom is -0.455 e. The van der Waals surface area contributed by atoms with E-state index in [-0.39, 0.29) is 0 Å². The highest BCUT2D eigenvalue weighted by atomic mass is 16.3. The van der Waals surface area contributed by atoms with E-state index in [1.165, 1.54) is 44.3 Å². The first-order valence-corrected chi connectivity index (χ1v) is 17.2. The quantitative estimate of drug-likeness (QED) is 0.180. The van der Waals surface area contributed by atoms with Crippen molar-refractivity contribution in [1.29, 1.82) is 0 Å². The molecule has 0 atom stereocenters. The van der Waals surface area contributed by atoms with E-state index in [4.69, 9.17) is 4.42 Å². The summed E-state index contributed by atoms with van der Waals surface area (Å²) in [6.07, 6.45) is 0. The molecule has 2 heteroatoms. The third-order valence-corrected chi connectivity index (χ3v) is 9.84. The maximum Gasteiger partial charge on any atom is 0.143 e. The Bertz CT molecular complexity index is 2520. The lowest BCUT2D eigenvalue weighted by Gasteiger charge is -2.26. The van der Waals surface area contributed by atoms with Crippen LogP contribution < -0.4 is 4.90 Å². The second-order valence-corrected chi connectivity index (χ2v) is 13.2. The number of nitrogens with zero attached hydrogens (tertiary/aromatic N) is 1. The van der Waals surface area contributed by atoms with Crippen molar-refractivity contribution in [1.82, 2.24) is 0 Å². The number of fused-ring (bicyclic) bond motifs is 5. The van der Waals surface area contributed by atoms with Crippen LogP contribution in [0.2, 0.25) is 0 Å². The lowest BCUT2D eigenvalue weighted by molar-refractivity contribution is 0.673. The summed E-state index contributed by atoms with van der Waals surface area (Å²) in [5.74, 6) is 0. The topological polar surface area (TPSA) is 16.4 Å². The lowest BCUT2D eigenvalue weighted by atomic mass is 9.98. The molecule has 0 aliphatic carbocycles. The van der Waals surface area contributed by atoms with E-state index in [2.05, 4.69) is 195 Å². The minimum absolute atomic E-state index is 0.905. The van der Waals surface area contributed by atoms with Crippen molar-refractivity contribution in [2.24, 2.45) is 0 Å². The van der Waals surface area contributed by atoms with E-state index in [1.54, 1.807) is 0 Å². The summed E-state index contributed by atoms with van der Waals surface area (Å²) < 4.78 is 6.49. The summed E-state index contributed by atoms with van der Waals surface area (Å²) in [6.45, 7) is 4.25. The van der Waals surface area contributed by atoms with Crippen LogP contribution in [0.15, 0.2) is 180 Å². The molecule has 50 heavy (non-hydrogen) atoms. The largest absolute Gasteiger partial charge is 0.455 e. The Morgan fingerprint density at radius 1 is 0.380 bits per heavy atom. The molecule has 0 saturated carbocycles. The molecule has 0 unspecified atom stereocenters. The van der Waals surface area contributed by atoms with Gasteiger partial charge in [-0.2, -0.15) is 0 Å². The number of anilines is 3. The lowest BCUT2D eigenvalue weighted by Crippen LogP contribution is -2.09. The average Bonchev–Trinajstić information content (AvgIpc) is 3.56. The zero-order chi connectivity index (χ0) is 33.6. The Morgan fingerprint density at radius 2 is 0.860 bits per heavy atom. The van der Waals surface area contributed by atoms with Crippen LogP contribution in [0.5, 0.6) is 0 Å². The van der Waals surface area contributed by atoms with Crippen LogP contribution >= 0.6 is 0 Å². The molecule has 0 amide bonds. The van der Waals surface area contributed by atoms with Crippen molar-refractivity contribution in [3.05, 3.63) is 187 Å². The fourth-order valence-electron chi connectivity index (χ4n) is 7.13. The molecule has 1 aromatic heterocycles. The summed E-state index contributed by atoms with van der Waals surface area (Å²) in [6, 6.07) is 63.3. The molecule has 0 radical (unpaired) electrons. The summed E-state index contributed by atoms with van der Waals surface area (Å²) in [4.78, 5) is 2.33. The minimum atomic E-state index is 0.905. The molecular weight excluding hydrogens is 607 g/mol. The molecule has 8 aromatic carbocycles. The second-order valence-electron chi connectivity index (χ2n) is 13.2. The van der Waals surface area contributed by atoms with Gasteiger partial charge in [-0.15, -0.1) is 0 Å². The van der Waals surface area contributed by atoms with Gasteiger partial charge in [-0.25, -0.2) is 0 Å². The monoisotopic (exact) mass is 641 g/mol. The molecule has 0 spiro atoms. The molecular formula is C48H35NO. The average molecular weight is 642 g/mol. The van der Waals surface area contributed by atoms with Crippen LogP contribution in [0.4, 0.5) is 17.1 Å². The highest BCUT2D eigenvalue weighted by Crippen LogP contribution is 2.41. The van der Waals surface area contributed by atoms with Crippen LogP contribution in [0, 0.1) is 13.8 Å². The van der Waals surface area contributed by atoms with Gasteiger partial charge in [0, 0.05) is 33.2 Å². The van der Waals surface area contributed by atoms with Crippen LogP contribution in [0.1, 0.15) is 11.1 Å². The van der Waals surface area contributed by atoms with Gasteiger partial charge in [0.2, 0.25) is 0 Å². The third-order valence-electron chi connectivity index (χ3n) is 9.84. The smallest absolute Gasteiger partial charge is 0.143 e. The first-order chi connectivity index (χ1) is 24.6. The van der Waals surface area contributed by atoms with E-state index in [0.29, 0.717) is 0 Å². The number of rotatable bonds is 6. The zero-order valence-corrected chi connectivity index (χ0v) is 28.1. The summed E-state index contributed by atoms with van der Waals surface area (Å²) in [7, 11) is 0. The molecule has 9 aromatic rings. The van der Waals surface area contributed by atoms with Gasteiger partial charge in [-0.3, -0.25) is 0 Å². The molecule has 0 N–H and O–H groups in total. The molecule has 1 heterocycles. The van der Waals surface area contributed by atoms with E-state index < -0.39 is 0 Å². The predicted octanol–water partition coefficient (Wildman–Crippen LogP) is 13.8. The van der Waals surface area contributed by atoms with Crippen molar-refractivity contribution < 1.29 is 4.42 Å². The summed E-state index contributed by atoms with van der Waals surface area (Å²) in [5, 5.41) is 4.61. The normalized spacial score (nSPS) is 11.4. The highest BCUT2D eigenvalue weighted by molar-refractivity contribution is 6.19. The molecule has 0 aliphatic rings. The molecule has 238 valence electrons. The van der Waals surface area contributed by atoms with Crippen LogP contribution in [-0.2, 0) is 0 Å². The van der Waals surface area contributed by atoms with Crippen molar-refractivity contribution in [2.75, 3.05) is 4.90 Å². The van der Waals surface area contributed by atoms with E-state index in [9.17, 15) is 0 Å². The van der Waals surface area contributed by atoms with Crippen molar-refractivity contribution in [3.63, 3.8) is 0 Å². The maximum absolute atomic E-state index is 6.49. The Balaban J connectivity index is 1.12. The molecule has 0 fully saturated rings. The van der Waals surface area contributed by atoms with E-state index in [1.807, 2.05) is 0 Å². The molecule has 2 nitrogen and oxygen atoms in total. The van der Waals surface area contributed by atoms with Crippen LogP contribution in [-0.4, -0.2) is 0 Å². The van der Waals surface area contributed by atoms with Gasteiger partial charge in [-0.1, -0.05) is 139 Å². The SMILES string of the molecule is Cc1ccc(-c2ccc(N(c3ccc(-c4ccc(C)cc4)cc3)c3ccc(-c4cccc5oc6c7ccccc7ccc6c45)cc3)cc2)cc1. The zero-order valence-electron chi connectivity index (χ0n) is 28.1. The fraction of sp³-hybridized carbons (Fsp3) is 0.0417. The van der Waals surface area contributed by atoms with Gasteiger partial charge in [0.25, 0.3) is 0 Å². The van der Waals surface area contributed by atoms with Gasteiger partial charge in [0.15, 0.2) is 0 Å². The van der Waals surface area contributed by atoms with Crippen molar-refractivity contribution in [2.45, 2.75) is 13.8 Å². The maximum atomic E-state index is 6.49. The molecule has 0 bridgehead atoms. The van der Waals surface area contributed by atoms with Crippen molar-refractivity contribution >= 4 is 49.8 Å². The second kappa shape index (κ2) is 12.3. The standard InChI is InChI=1S/C48H35NO/c1-32-10-14-34(15-11-32)36-18-25-40(26-19-36)49(41-27-20-37(21-28-41)35-16-12-33(2)13-17-35)42-29-22-39(23-30-42)43-8-5-9-46-47(43)45-31-24-38-6-3-4-7-44(38)48(45)50-46/h3-31H,1-2H3. The van der Waals surface area contributed by atoms with Crippen molar-refractivity contribution in [3.8, 4) is 33.4 Å². The number of benzene rings is 8. The summed E-state index contributed by atoms with van der Waals surface area (Å²) >= 11 is 0. The molecule has 9 rings (SSSR count). The number of furan rings is 1. The third kappa shape index (κ3) is 5.32. The number of hydrogen-bond acceptors (Lipinski definition) is 2. The van der Waals surface area contributed by atoms with Gasteiger partial charge < -0.3 is 9.32 Å². The Morgan fingerprint density at radius 3 is 1.40 bits per heavy atom. The van der Waals surface area contributed by atoms with Crippen LogP contribution in [0.25, 0.3) is 66.1 Å². The predicted molar refractivity (Wildman–Crippen MR) is 212 cm³/mol. The van der Waals surface area contributed by atoms with E-state index in [0.717, 1.165) is 50.0 Å². The number of hydrogen-bond donors (Lipinski definition) is 0. The Kier molecular flexibility index (Phi) is 7.29. The molecule has 0 saturated heterocycles.